The summed E-state index contributed by atoms with van der Waals surface area (Å²) in [5.41, 5.74) is 0.237. The van der Waals surface area contributed by atoms with E-state index in [4.69, 9.17) is 0 Å². The van der Waals surface area contributed by atoms with Gasteiger partial charge in [0.2, 0.25) is 0 Å². The molecule has 1 N–H and O–H groups in total. The number of nitrogens with zero attached hydrogens (tertiary/aromatic N) is 3. The maximum absolute atomic E-state index is 12.1. The third-order valence-electron chi connectivity index (χ3n) is 3.44. The molecule has 1 aromatic carbocycles. The van der Waals surface area contributed by atoms with Crippen LogP contribution in [0.4, 0.5) is 13.2 Å². The molecule has 6 nitrogen and oxygen atoms in total. The zero-order chi connectivity index (χ0) is 16.4. The van der Waals surface area contributed by atoms with Gasteiger partial charge in [0.1, 0.15) is 11.6 Å². The Morgan fingerprint density at radius 3 is 2.70 bits per heavy atom. The van der Waals surface area contributed by atoms with Gasteiger partial charge in [-0.15, -0.1) is 23.4 Å². The summed E-state index contributed by atoms with van der Waals surface area (Å²) in [7, 11) is 0. The van der Waals surface area contributed by atoms with Gasteiger partial charge in [0, 0.05) is 18.5 Å². The Labute approximate surface area is 129 Å². The lowest BCUT2D eigenvalue weighted by atomic mass is 10.2. The van der Waals surface area contributed by atoms with Crippen LogP contribution in [-0.4, -0.2) is 27.0 Å². The van der Waals surface area contributed by atoms with Crippen LogP contribution in [0.2, 0.25) is 0 Å². The number of carbonyl (C=O) groups is 1. The SMILES string of the molecule is O=C(NCc1nnc2n1CCC2)c1ccc(OC(F)(F)F)cc1. The van der Waals surface area contributed by atoms with Gasteiger partial charge in [-0.1, -0.05) is 0 Å². The van der Waals surface area contributed by atoms with Gasteiger partial charge in [0.05, 0.1) is 6.54 Å². The molecule has 9 heteroatoms. The second kappa shape index (κ2) is 5.90. The molecule has 0 atom stereocenters. The quantitative estimate of drug-likeness (QED) is 0.934. The van der Waals surface area contributed by atoms with Crippen LogP contribution in [0.3, 0.4) is 0 Å². The van der Waals surface area contributed by atoms with Gasteiger partial charge in [-0.3, -0.25) is 4.79 Å². The molecule has 1 aliphatic rings. The van der Waals surface area contributed by atoms with Crippen molar-refractivity contribution in [3.63, 3.8) is 0 Å². The second-order valence-electron chi connectivity index (χ2n) is 5.04. The van der Waals surface area contributed by atoms with Crippen molar-refractivity contribution in [2.75, 3.05) is 0 Å². The Bertz CT molecular complexity index is 710. The number of ether oxygens (including phenoxy) is 1. The van der Waals surface area contributed by atoms with Crippen LogP contribution in [0.5, 0.6) is 5.75 Å². The summed E-state index contributed by atoms with van der Waals surface area (Å²) in [6.45, 7) is 1.05. The number of aryl methyl sites for hydroxylation is 1. The van der Waals surface area contributed by atoms with Crippen molar-refractivity contribution in [3.8, 4) is 5.75 Å². The van der Waals surface area contributed by atoms with E-state index in [1.807, 2.05) is 4.57 Å². The molecule has 23 heavy (non-hydrogen) atoms. The maximum Gasteiger partial charge on any atom is 0.573 e. The van der Waals surface area contributed by atoms with Crippen LogP contribution in [0.1, 0.15) is 28.4 Å². The largest absolute Gasteiger partial charge is 0.573 e. The van der Waals surface area contributed by atoms with Crippen LogP contribution >= 0.6 is 0 Å². The minimum atomic E-state index is -4.75. The molecular formula is C14H13F3N4O2. The lowest BCUT2D eigenvalue weighted by molar-refractivity contribution is -0.274. The van der Waals surface area contributed by atoms with E-state index in [1.165, 1.54) is 12.1 Å². The number of amides is 1. The predicted octanol–water partition coefficient (Wildman–Crippen LogP) is 2.05. The highest BCUT2D eigenvalue weighted by atomic mass is 19.4. The number of carbonyl (C=O) groups excluding carboxylic acids is 1. The zero-order valence-electron chi connectivity index (χ0n) is 11.9. The highest BCUT2D eigenvalue weighted by Gasteiger charge is 2.31. The third kappa shape index (κ3) is 3.61. The topological polar surface area (TPSA) is 69.0 Å². The number of hydrogen-bond donors (Lipinski definition) is 1. The van der Waals surface area contributed by atoms with Crippen molar-refractivity contribution in [3.05, 3.63) is 41.5 Å². The summed E-state index contributed by atoms with van der Waals surface area (Å²) < 4.78 is 41.9. The lowest BCUT2D eigenvalue weighted by Gasteiger charge is -2.09. The molecule has 2 heterocycles. The van der Waals surface area contributed by atoms with Gasteiger partial charge in [-0.05, 0) is 30.7 Å². The number of benzene rings is 1. The Kier molecular flexibility index (Phi) is 3.93. The van der Waals surface area contributed by atoms with Crippen LogP contribution < -0.4 is 10.1 Å². The molecule has 0 spiro atoms. The molecular weight excluding hydrogens is 313 g/mol. The summed E-state index contributed by atoms with van der Waals surface area (Å²) in [6, 6.07) is 4.73. The summed E-state index contributed by atoms with van der Waals surface area (Å²) in [5, 5.41) is 10.7. The minimum Gasteiger partial charge on any atom is -0.406 e. The van der Waals surface area contributed by atoms with Crippen molar-refractivity contribution in [2.45, 2.75) is 32.3 Å². The van der Waals surface area contributed by atoms with Crippen molar-refractivity contribution in [1.82, 2.24) is 20.1 Å². The van der Waals surface area contributed by atoms with E-state index in [-0.39, 0.29) is 17.9 Å². The average Bonchev–Trinajstić information content (AvgIpc) is 3.07. The van der Waals surface area contributed by atoms with E-state index in [2.05, 4.69) is 20.3 Å². The number of fused-ring (bicyclic) bond motifs is 1. The molecule has 2 aromatic rings. The standard InChI is InChI=1S/C14H13F3N4O2/c15-14(16,17)23-10-5-3-9(4-6-10)13(22)18-8-12-20-19-11-2-1-7-21(11)12/h3-6H,1-2,7-8H2,(H,18,22). The number of aromatic nitrogens is 3. The summed E-state index contributed by atoms with van der Waals surface area (Å²) in [4.78, 5) is 12.0. The zero-order valence-corrected chi connectivity index (χ0v) is 11.9. The van der Waals surface area contributed by atoms with Gasteiger partial charge < -0.3 is 14.6 Å². The highest BCUT2D eigenvalue weighted by Crippen LogP contribution is 2.22. The molecule has 0 saturated heterocycles. The fraction of sp³-hybridized carbons (Fsp3) is 0.357. The Morgan fingerprint density at radius 2 is 2.00 bits per heavy atom. The molecule has 0 aliphatic carbocycles. The first-order chi connectivity index (χ1) is 10.9. The van der Waals surface area contributed by atoms with Crippen LogP contribution in [0.25, 0.3) is 0 Å². The molecule has 0 unspecified atom stereocenters. The highest BCUT2D eigenvalue weighted by molar-refractivity contribution is 5.94. The first kappa shape index (κ1) is 15.3. The van der Waals surface area contributed by atoms with E-state index in [9.17, 15) is 18.0 Å². The minimum absolute atomic E-state index is 0.215. The van der Waals surface area contributed by atoms with Gasteiger partial charge in [0.25, 0.3) is 5.91 Å². The van der Waals surface area contributed by atoms with E-state index < -0.39 is 12.3 Å². The second-order valence-corrected chi connectivity index (χ2v) is 5.04. The smallest absolute Gasteiger partial charge is 0.406 e. The van der Waals surface area contributed by atoms with Gasteiger partial charge in [0.15, 0.2) is 5.82 Å². The van der Waals surface area contributed by atoms with Gasteiger partial charge >= 0.3 is 6.36 Å². The molecule has 0 bridgehead atoms. The van der Waals surface area contributed by atoms with E-state index in [0.29, 0.717) is 5.82 Å². The summed E-state index contributed by atoms with van der Waals surface area (Å²) in [5.74, 6) is 0.800. The normalized spacial score (nSPS) is 13.7. The molecule has 3 rings (SSSR count). The van der Waals surface area contributed by atoms with Crippen LogP contribution in [0, 0.1) is 0 Å². The van der Waals surface area contributed by atoms with Crippen molar-refractivity contribution >= 4 is 5.91 Å². The first-order valence-corrected chi connectivity index (χ1v) is 6.97. The van der Waals surface area contributed by atoms with Crippen LogP contribution in [-0.2, 0) is 19.5 Å². The molecule has 122 valence electrons. The monoisotopic (exact) mass is 326 g/mol. The molecule has 0 fully saturated rings. The lowest BCUT2D eigenvalue weighted by Crippen LogP contribution is -2.24. The molecule has 1 amide bonds. The van der Waals surface area contributed by atoms with E-state index in [0.717, 1.165) is 37.3 Å². The molecule has 0 radical (unpaired) electrons. The Morgan fingerprint density at radius 1 is 1.26 bits per heavy atom. The number of hydrogen-bond acceptors (Lipinski definition) is 4. The van der Waals surface area contributed by atoms with Crippen molar-refractivity contribution in [2.24, 2.45) is 0 Å². The van der Waals surface area contributed by atoms with E-state index in [1.54, 1.807) is 0 Å². The molecule has 1 aliphatic heterocycles. The average molecular weight is 326 g/mol. The van der Waals surface area contributed by atoms with E-state index >= 15 is 0 Å². The Hall–Kier alpha value is -2.58. The first-order valence-electron chi connectivity index (χ1n) is 6.97. The van der Waals surface area contributed by atoms with Crippen molar-refractivity contribution < 1.29 is 22.7 Å². The maximum atomic E-state index is 12.1. The van der Waals surface area contributed by atoms with Crippen LogP contribution in [0.15, 0.2) is 24.3 Å². The Balaban J connectivity index is 1.60. The summed E-state index contributed by atoms with van der Waals surface area (Å²) in [6.07, 6.45) is -2.87. The summed E-state index contributed by atoms with van der Waals surface area (Å²) >= 11 is 0. The molecule has 0 saturated carbocycles. The third-order valence-corrected chi connectivity index (χ3v) is 3.44. The van der Waals surface area contributed by atoms with Gasteiger partial charge in [-0.2, -0.15) is 0 Å². The fourth-order valence-electron chi connectivity index (χ4n) is 2.41. The van der Waals surface area contributed by atoms with Crippen molar-refractivity contribution in [1.29, 1.82) is 0 Å². The molecule has 1 aromatic heterocycles. The number of alkyl halides is 3. The predicted molar refractivity (Wildman–Crippen MR) is 72.6 cm³/mol. The number of rotatable bonds is 4. The fourth-order valence-corrected chi connectivity index (χ4v) is 2.41. The number of nitrogens with one attached hydrogen (secondary N) is 1. The number of halogens is 3. The van der Waals surface area contributed by atoms with Gasteiger partial charge in [-0.25, -0.2) is 0 Å².